The Hall–Kier alpha value is -2.02. The number of carbonyl (C=O) groups is 1. The van der Waals surface area contributed by atoms with Crippen molar-refractivity contribution in [1.82, 2.24) is 10.2 Å². The highest BCUT2D eigenvalue weighted by atomic mass is 79.9. The first-order valence-corrected chi connectivity index (χ1v) is 7.67. The number of aromatic carboxylic acids is 1. The minimum atomic E-state index is -1.05. The number of nitrogens with one attached hydrogen (secondary N) is 1. The van der Waals surface area contributed by atoms with Gasteiger partial charge in [0.25, 0.3) is 0 Å². The van der Waals surface area contributed by atoms with Gasteiger partial charge < -0.3 is 14.6 Å². The summed E-state index contributed by atoms with van der Waals surface area (Å²) >= 11 is 3.48. The quantitative estimate of drug-likeness (QED) is 0.818. The fourth-order valence-electron chi connectivity index (χ4n) is 2.07. The highest BCUT2D eigenvalue weighted by molar-refractivity contribution is 9.10. The molecule has 1 aromatic carbocycles. The first-order valence-electron chi connectivity index (χ1n) is 6.88. The van der Waals surface area contributed by atoms with Crippen LogP contribution < -0.4 is 9.47 Å². The van der Waals surface area contributed by atoms with E-state index in [4.69, 9.17) is 14.6 Å². The van der Waals surface area contributed by atoms with Crippen molar-refractivity contribution in [2.75, 3.05) is 13.7 Å². The maximum atomic E-state index is 10.9. The lowest BCUT2D eigenvalue weighted by atomic mass is 10.1. The molecule has 7 heteroatoms. The number of ether oxygens (including phenoxy) is 2. The molecule has 0 spiro atoms. The van der Waals surface area contributed by atoms with Gasteiger partial charge >= 0.3 is 5.97 Å². The molecule has 1 saturated carbocycles. The van der Waals surface area contributed by atoms with Crippen molar-refractivity contribution in [1.29, 1.82) is 0 Å². The lowest BCUT2D eigenvalue weighted by Gasteiger charge is -2.13. The third-order valence-corrected chi connectivity index (χ3v) is 4.17. The number of halogens is 1. The third-order valence-electron chi connectivity index (χ3n) is 3.51. The normalized spacial score (nSPS) is 13.9. The minimum Gasteiger partial charge on any atom is -0.493 e. The third kappa shape index (κ3) is 3.09. The van der Waals surface area contributed by atoms with Crippen molar-refractivity contribution in [3.63, 3.8) is 0 Å². The van der Waals surface area contributed by atoms with Crippen molar-refractivity contribution in [2.24, 2.45) is 5.92 Å². The Labute approximate surface area is 135 Å². The molecule has 0 amide bonds. The molecule has 0 bridgehead atoms. The zero-order valence-corrected chi connectivity index (χ0v) is 13.5. The average molecular weight is 367 g/mol. The molecule has 1 aromatic heterocycles. The Morgan fingerprint density at radius 1 is 1.41 bits per heavy atom. The summed E-state index contributed by atoms with van der Waals surface area (Å²) in [6.45, 7) is 0.688. The summed E-state index contributed by atoms with van der Waals surface area (Å²) in [5.41, 5.74) is 1.30. The monoisotopic (exact) mass is 366 g/mol. The molecule has 3 rings (SSSR count). The van der Waals surface area contributed by atoms with Gasteiger partial charge in [0.05, 0.1) is 19.4 Å². The van der Waals surface area contributed by atoms with Crippen molar-refractivity contribution >= 4 is 21.9 Å². The van der Waals surface area contributed by atoms with Crippen molar-refractivity contribution < 1.29 is 19.4 Å². The molecule has 0 atom stereocenters. The molecule has 2 N–H and O–H groups in total. The van der Waals surface area contributed by atoms with Crippen molar-refractivity contribution in [3.8, 4) is 22.8 Å². The first kappa shape index (κ1) is 14.9. The van der Waals surface area contributed by atoms with Crippen LogP contribution in [0, 0.1) is 5.92 Å². The van der Waals surface area contributed by atoms with E-state index in [1.54, 1.807) is 13.2 Å². The number of aromatic amines is 1. The highest BCUT2D eigenvalue weighted by Crippen LogP contribution is 2.39. The van der Waals surface area contributed by atoms with Crippen LogP contribution in [0.4, 0.5) is 0 Å². The van der Waals surface area contributed by atoms with Crippen LogP contribution in [0.25, 0.3) is 11.3 Å². The Bertz CT molecular complexity index is 710. The van der Waals surface area contributed by atoms with E-state index < -0.39 is 5.97 Å². The number of rotatable bonds is 6. The average Bonchev–Trinajstić information content (AvgIpc) is 3.19. The molecule has 1 aliphatic rings. The second-order valence-electron chi connectivity index (χ2n) is 5.21. The fraction of sp³-hybridized carbons (Fsp3) is 0.333. The molecular weight excluding hydrogens is 352 g/mol. The number of H-pyrrole nitrogens is 1. The van der Waals surface area contributed by atoms with Gasteiger partial charge in [-0.1, -0.05) is 0 Å². The van der Waals surface area contributed by atoms with Gasteiger partial charge in [0.1, 0.15) is 5.69 Å². The largest absolute Gasteiger partial charge is 0.493 e. The second-order valence-corrected chi connectivity index (χ2v) is 6.06. The van der Waals surface area contributed by atoms with Crippen molar-refractivity contribution in [2.45, 2.75) is 12.8 Å². The Kier molecular flexibility index (Phi) is 4.06. The van der Waals surface area contributed by atoms with E-state index in [0.717, 1.165) is 10.0 Å². The van der Waals surface area contributed by atoms with E-state index in [0.29, 0.717) is 29.7 Å². The summed E-state index contributed by atoms with van der Waals surface area (Å²) in [5, 5.41) is 15.5. The summed E-state index contributed by atoms with van der Waals surface area (Å²) < 4.78 is 11.9. The molecule has 0 aliphatic heterocycles. The topological polar surface area (TPSA) is 84.4 Å². The van der Waals surface area contributed by atoms with E-state index in [9.17, 15) is 4.79 Å². The Morgan fingerprint density at radius 2 is 2.18 bits per heavy atom. The molecule has 1 fully saturated rings. The zero-order chi connectivity index (χ0) is 15.7. The molecule has 1 heterocycles. The summed E-state index contributed by atoms with van der Waals surface area (Å²) in [4.78, 5) is 10.9. The van der Waals surface area contributed by atoms with Crippen LogP contribution in [-0.4, -0.2) is 35.0 Å². The Balaban J connectivity index is 1.91. The van der Waals surface area contributed by atoms with Crippen molar-refractivity contribution in [3.05, 3.63) is 28.4 Å². The molecule has 0 saturated heterocycles. The maximum Gasteiger partial charge on any atom is 0.353 e. The van der Waals surface area contributed by atoms with Gasteiger partial charge in [0, 0.05) is 10.0 Å². The SMILES string of the molecule is COc1cc(-c2cc(C(=O)O)[nH]n2)c(Br)cc1OCC1CC1. The van der Waals surface area contributed by atoms with E-state index in [1.165, 1.54) is 18.9 Å². The van der Waals surface area contributed by atoms with Crippen LogP contribution in [0.5, 0.6) is 11.5 Å². The molecule has 1 aliphatic carbocycles. The minimum absolute atomic E-state index is 0.0370. The first-order chi connectivity index (χ1) is 10.6. The zero-order valence-electron chi connectivity index (χ0n) is 11.9. The number of hydrogen-bond acceptors (Lipinski definition) is 4. The molecule has 116 valence electrons. The molecule has 22 heavy (non-hydrogen) atoms. The standard InChI is InChI=1S/C15H15BrN2O4/c1-21-13-4-9(11-6-12(15(19)20)18-17-11)10(16)5-14(13)22-7-8-2-3-8/h4-6,8H,2-3,7H2,1H3,(H,17,18)(H,19,20). The van der Waals surface area contributed by atoms with E-state index in [-0.39, 0.29) is 5.69 Å². The summed E-state index contributed by atoms with van der Waals surface area (Å²) in [5.74, 6) is 0.858. The molecule has 0 radical (unpaired) electrons. The second kappa shape index (κ2) is 6.00. The van der Waals surface area contributed by atoms with Crippen LogP contribution in [0.3, 0.4) is 0 Å². The lowest BCUT2D eigenvalue weighted by Crippen LogP contribution is -2.01. The van der Waals surface area contributed by atoms with Crippen LogP contribution in [0.1, 0.15) is 23.3 Å². The number of aromatic nitrogens is 2. The van der Waals surface area contributed by atoms with E-state index in [1.807, 2.05) is 6.07 Å². The maximum absolute atomic E-state index is 10.9. The molecular formula is C15H15BrN2O4. The van der Waals surface area contributed by atoms with Crippen LogP contribution >= 0.6 is 15.9 Å². The van der Waals surface area contributed by atoms with Gasteiger partial charge in [-0.3, -0.25) is 5.10 Å². The summed E-state index contributed by atoms with van der Waals surface area (Å²) in [7, 11) is 1.57. The fourth-order valence-corrected chi connectivity index (χ4v) is 2.59. The molecule has 0 unspecified atom stereocenters. The van der Waals surface area contributed by atoms with Gasteiger partial charge in [-0.2, -0.15) is 5.10 Å². The van der Waals surface area contributed by atoms with Crippen LogP contribution in [0.2, 0.25) is 0 Å². The predicted molar refractivity (Wildman–Crippen MR) is 83.5 cm³/mol. The number of carboxylic acids is 1. The van der Waals surface area contributed by atoms with Gasteiger partial charge in [-0.15, -0.1) is 0 Å². The van der Waals surface area contributed by atoms with Gasteiger partial charge in [-0.25, -0.2) is 4.79 Å². The molecule has 6 nitrogen and oxygen atoms in total. The highest BCUT2D eigenvalue weighted by Gasteiger charge is 2.23. The number of hydrogen-bond donors (Lipinski definition) is 2. The van der Waals surface area contributed by atoms with Crippen LogP contribution in [-0.2, 0) is 0 Å². The number of carboxylic acid groups (broad SMARTS) is 1. The summed E-state index contributed by atoms with van der Waals surface area (Å²) in [6, 6.07) is 5.09. The van der Waals surface area contributed by atoms with Crippen LogP contribution in [0.15, 0.2) is 22.7 Å². The predicted octanol–water partition coefficient (Wildman–Crippen LogP) is 3.33. The number of benzene rings is 1. The number of methoxy groups -OCH3 is 1. The van der Waals surface area contributed by atoms with Gasteiger partial charge in [-0.05, 0) is 52.9 Å². The van der Waals surface area contributed by atoms with Gasteiger partial charge in [0.15, 0.2) is 11.5 Å². The smallest absolute Gasteiger partial charge is 0.353 e. The van der Waals surface area contributed by atoms with E-state index in [2.05, 4.69) is 26.1 Å². The summed E-state index contributed by atoms with van der Waals surface area (Å²) in [6.07, 6.45) is 2.43. The Morgan fingerprint density at radius 3 is 2.77 bits per heavy atom. The molecule has 2 aromatic rings. The van der Waals surface area contributed by atoms with Gasteiger partial charge in [0.2, 0.25) is 0 Å². The number of nitrogens with zero attached hydrogens (tertiary/aromatic N) is 1. The van der Waals surface area contributed by atoms with E-state index >= 15 is 0 Å². The lowest BCUT2D eigenvalue weighted by molar-refractivity contribution is 0.0690.